The monoisotopic (exact) mass is 181 g/mol. The second-order valence-electron chi connectivity index (χ2n) is 4.22. The number of allylic oxidation sites excluding steroid dienone is 1. The first-order valence-corrected chi connectivity index (χ1v) is 5.02. The summed E-state index contributed by atoms with van der Waals surface area (Å²) in [7, 11) is 0. The zero-order valence-electron chi connectivity index (χ0n) is 8.38. The van der Waals surface area contributed by atoms with Gasteiger partial charge in [-0.3, -0.25) is 4.79 Å². The summed E-state index contributed by atoms with van der Waals surface area (Å²) in [6.45, 7) is 5.66. The molecule has 2 heteroatoms. The van der Waals surface area contributed by atoms with Gasteiger partial charge >= 0.3 is 0 Å². The minimum Gasteiger partial charge on any atom is -0.328 e. The highest BCUT2D eigenvalue weighted by Gasteiger charge is 2.24. The predicted octanol–water partition coefficient (Wildman–Crippen LogP) is 2.04. The van der Waals surface area contributed by atoms with E-state index in [2.05, 4.69) is 6.58 Å². The van der Waals surface area contributed by atoms with Gasteiger partial charge in [-0.05, 0) is 26.2 Å². The van der Waals surface area contributed by atoms with E-state index in [0.717, 1.165) is 31.3 Å². The fourth-order valence-electron chi connectivity index (χ4n) is 1.96. The zero-order valence-corrected chi connectivity index (χ0v) is 8.38. The molecule has 0 amide bonds. The predicted molar refractivity (Wildman–Crippen MR) is 54.4 cm³/mol. The Balaban J connectivity index is 2.41. The van der Waals surface area contributed by atoms with E-state index in [1.807, 2.05) is 6.92 Å². The van der Waals surface area contributed by atoms with Crippen LogP contribution in [0.25, 0.3) is 0 Å². The third-order valence-electron chi connectivity index (χ3n) is 2.65. The fourth-order valence-corrected chi connectivity index (χ4v) is 1.96. The second-order valence-corrected chi connectivity index (χ2v) is 4.22. The molecule has 1 fully saturated rings. The summed E-state index contributed by atoms with van der Waals surface area (Å²) in [5.74, 6) is 0.545. The highest BCUT2D eigenvalue weighted by atomic mass is 16.1. The number of hydrogen-bond acceptors (Lipinski definition) is 2. The van der Waals surface area contributed by atoms with Crippen LogP contribution < -0.4 is 5.73 Å². The van der Waals surface area contributed by atoms with Crippen molar-refractivity contribution in [3.63, 3.8) is 0 Å². The Labute approximate surface area is 80.2 Å². The normalized spacial score (nSPS) is 28.5. The number of hydrogen-bond donors (Lipinski definition) is 1. The van der Waals surface area contributed by atoms with Crippen LogP contribution in [0.3, 0.4) is 0 Å². The van der Waals surface area contributed by atoms with Gasteiger partial charge in [-0.1, -0.05) is 18.6 Å². The molecule has 0 aliphatic heterocycles. The molecule has 0 aromatic rings. The van der Waals surface area contributed by atoms with Crippen molar-refractivity contribution in [2.24, 2.45) is 11.7 Å². The Morgan fingerprint density at radius 2 is 2.23 bits per heavy atom. The SMILES string of the molecule is C=C(C)CC(=O)C1CCCC(N)C1. The van der Waals surface area contributed by atoms with E-state index in [9.17, 15) is 4.79 Å². The highest BCUT2D eigenvalue weighted by Crippen LogP contribution is 2.25. The van der Waals surface area contributed by atoms with Gasteiger partial charge in [0.25, 0.3) is 0 Å². The van der Waals surface area contributed by atoms with Crippen molar-refractivity contribution in [2.45, 2.75) is 45.1 Å². The first kappa shape index (κ1) is 10.5. The quantitative estimate of drug-likeness (QED) is 0.677. The van der Waals surface area contributed by atoms with Crippen LogP contribution >= 0.6 is 0 Å². The number of rotatable bonds is 3. The molecule has 1 rings (SSSR count). The van der Waals surface area contributed by atoms with Crippen molar-refractivity contribution >= 4 is 5.78 Å². The van der Waals surface area contributed by atoms with Gasteiger partial charge in [0, 0.05) is 18.4 Å². The maximum atomic E-state index is 11.6. The van der Waals surface area contributed by atoms with Crippen molar-refractivity contribution in [1.29, 1.82) is 0 Å². The topological polar surface area (TPSA) is 43.1 Å². The first-order chi connectivity index (χ1) is 6.09. The molecule has 0 radical (unpaired) electrons. The van der Waals surface area contributed by atoms with Crippen molar-refractivity contribution < 1.29 is 4.79 Å². The maximum absolute atomic E-state index is 11.6. The van der Waals surface area contributed by atoms with E-state index in [0.29, 0.717) is 12.2 Å². The van der Waals surface area contributed by atoms with Gasteiger partial charge in [0.2, 0.25) is 0 Å². The second kappa shape index (κ2) is 4.56. The summed E-state index contributed by atoms with van der Waals surface area (Å²) in [4.78, 5) is 11.6. The molecule has 2 atom stereocenters. The van der Waals surface area contributed by atoms with Gasteiger partial charge in [-0.2, -0.15) is 0 Å². The lowest BCUT2D eigenvalue weighted by Crippen LogP contribution is -2.31. The summed E-state index contributed by atoms with van der Waals surface area (Å²) >= 11 is 0. The molecule has 74 valence electrons. The molecular formula is C11H19NO. The molecule has 1 aliphatic rings. The Bertz CT molecular complexity index is 210. The number of Topliss-reactive ketones (excluding diaryl/α,β-unsaturated/α-hetero) is 1. The van der Waals surface area contributed by atoms with Crippen molar-refractivity contribution in [1.82, 2.24) is 0 Å². The van der Waals surface area contributed by atoms with Crippen LogP contribution in [0.1, 0.15) is 39.0 Å². The van der Waals surface area contributed by atoms with Crippen LogP contribution in [0.2, 0.25) is 0 Å². The lowest BCUT2D eigenvalue weighted by molar-refractivity contribution is -0.123. The minimum atomic E-state index is 0.209. The van der Waals surface area contributed by atoms with E-state index in [4.69, 9.17) is 5.73 Å². The van der Waals surface area contributed by atoms with Gasteiger partial charge in [0.15, 0.2) is 0 Å². The molecule has 0 saturated heterocycles. The molecule has 2 nitrogen and oxygen atoms in total. The standard InChI is InChI=1S/C11H19NO/c1-8(2)6-11(13)9-4-3-5-10(12)7-9/h9-10H,1,3-7,12H2,2H3. The third-order valence-corrected chi connectivity index (χ3v) is 2.65. The maximum Gasteiger partial charge on any atom is 0.140 e. The molecule has 2 unspecified atom stereocenters. The van der Waals surface area contributed by atoms with Crippen LogP contribution in [0.15, 0.2) is 12.2 Å². The molecule has 0 aromatic heterocycles. The van der Waals surface area contributed by atoms with Gasteiger partial charge in [-0.25, -0.2) is 0 Å². The molecule has 0 aromatic carbocycles. The first-order valence-electron chi connectivity index (χ1n) is 5.02. The largest absolute Gasteiger partial charge is 0.328 e. The van der Waals surface area contributed by atoms with Crippen LogP contribution in [0.5, 0.6) is 0 Å². The van der Waals surface area contributed by atoms with E-state index < -0.39 is 0 Å². The average molecular weight is 181 g/mol. The average Bonchev–Trinajstić information content (AvgIpc) is 2.03. The third kappa shape index (κ3) is 3.31. The lowest BCUT2D eigenvalue weighted by Gasteiger charge is -2.25. The van der Waals surface area contributed by atoms with Gasteiger partial charge in [0.1, 0.15) is 5.78 Å². The van der Waals surface area contributed by atoms with Crippen molar-refractivity contribution in [3.05, 3.63) is 12.2 Å². The Morgan fingerprint density at radius 3 is 2.77 bits per heavy atom. The summed E-state index contributed by atoms with van der Waals surface area (Å²) in [6, 6.07) is 0.243. The molecule has 1 saturated carbocycles. The summed E-state index contributed by atoms with van der Waals surface area (Å²) < 4.78 is 0. The van der Waals surface area contributed by atoms with Crippen molar-refractivity contribution in [2.75, 3.05) is 0 Å². The summed E-state index contributed by atoms with van der Waals surface area (Å²) in [6.07, 6.45) is 4.63. The zero-order chi connectivity index (χ0) is 9.84. The molecule has 0 spiro atoms. The lowest BCUT2D eigenvalue weighted by atomic mass is 9.82. The van der Waals surface area contributed by atoms with Crippen LogP contribution in [0.4, 0.5) is 0 Å². The van der Waals surface area contributed by atoms with E-state index in [-0.39, 0.29) is 12.0 Å². The number of ketones is 1. The molecular weight excluding hydrogens is 162 g/mol. The van der Waals surface area contributed by atoms with Gasteiger partial charge < -0.3 is 5.73 Å². The van der Waals surface area contributed by atoms with Crippen LogP contribution in [-0.4, -0.2) is 11.8 Å². The summed E-state index contributed by atoms with van der Waals surface area (Å²) in [5, 5.41) is 0. The van der Waals surface area contributed by atoms with Crippen LogP contribution in [-0.2, 0) is 4.79 Å². The highest BCUT2D eigenvalue weighted by molar-refractivity contribution is 5.83. The number of carbonyl (C=O) groups is 1. The van der Waals surface area contributed by atoms with E-state index in [1.54, 1.807) is 0 Å². The summed E-state index contributed by atoms with van der Waals surface area (Å²) in [5.41, 5.74) is 6.78. The Kier molecular flexibility index (Phi) is 3.67. The fraction of sp³-hybridized carbons (Fsp3) is 0.727. The molecule has 13 heavy (non-hydrogen) atoms. The Hall–Kier alpha value is -0.630. The molecule has 0 bridgehead atoms. The molecule has 2 N–H and O–H groups in total. The Morgan fingerprint density at radius 1 is 1.54 bits per heavy atom. The number of carbonyl (C=O) groups excluding carboxylic acids is 1. The number of nitrogens with two attached hydrogens (primary N) is 1. The van der Waals surface area contributed by atoms with Gasteiger partial charge in [-0.15, -0.1) is 0 Å². The minimum absolute atomic E-state index is 0.209. The molecule has 1 aliphatic carbocycles. The van der Waals surface area contributed by atoms with Crippen molar-refractivity contribution in [3.8, 4) is 0 Å². The van der Waals surface area contributed by atoms with E-state index >= 15 is 0 Å². The van der Waals surface area contributed by atoms with Crippen LogP contribution in [0, 0.1) is 5.92 Å². The van der Waals surface area contributed by atoms with E-state index in [1.165, 1.54) is 0 Å². The molecule has 0 heterocycles. The van der Waals surface area contributed by atoms with Gasteiger partial charge in [0.05, 0.1) is 0 Å². The smallest absolute Gasteiger partial charge is 0.140 e.